The third kappa shape index (κ3) is 3.71. The van der Waals surface area contributed by atoms with Gasteiger partial charge in [0.1, 0.15) is 0 Å². The van der Waals surface area contributed by atoms with Crippen LogP contribution in [-0.2, 0) is 10.8 Å². The second kappa shape index (κ2) is 9.29. The van der Waals surface area contributed by atoms with E-state index in [1.165, 1.54) is 84.1 Å². The van der Waals surface area contributed by atoms with Crippen molar-refractivity contribution in [2.75, 3.05) is 9.80 Å². The van der Waals surface area contributed by atoms with Crippen LogP contribution in [0.4, 0.5) is 34.1 Å². The van der Waals surface area contributed by atoms with E-state index in [0.29, 0.717) is 0 Å². The molecule has 0 saturated carbocycles. The predicted octanol–water partition coefficient (Wildman–Crippen LogP) is 9.24. The van der Waals surface area contributed by atoms with Crippen molar-refractivity contribution in [3.05, 3.63) is 126 Å². The molecule has 0 saturated heterocycles. The third-order valence-corrected chi connectivity index (χ3v) is 11.9. The molecule has 1 aromatic heterocycles. The molecule has 0 N–H and O–H groups in total. The number of aryl methyl sites for hydroxylation is 1. The lowest BCUT2D eigenvalue weighted by Gasteiger charge is -2.47. The van der Waals surface area contributed by atoms with E-state index in [2.05, 4.69) is 148 Å². The number of benzene rings is 4. The van der Waals surface area contributed by atoms with Gasteiger partial charge in [0.25, 0.3) is 6.71 Å². The van der Waals surface area contributed by atoms with Gasteiger partial charge in [-0.2, -0.15) is 0 Å². The summed E-state index contributed by atoms with van der Waals surface area (Å²) in [6, 6.07) is 42.9. The Hall–Kier alpha value is -4.46. The zero-order valence-corrected chi connectivity index (χ0v) is 27.3. The Morgan fingerprint density at radius 2 is 1.38 bits per heavy atom. The average Bonchev–Trinajstić information content (AvgIpc) is 3.43. The van der Waals surface area contributed by atoms with Crippen LogP contribution in [0.1, 0.15) is 57.2 Å². The van der Waals surface area contributed by atoms with Crippen LogP contribution in [0.5, 0.6) is 0 Å². The number of hydrogen-bond donors (Lipinski definition) is 0. The quantitative estimate of drug-likeness (QED) is 0.183. The summed E-state index contributed by atoms with van der Waals surface area (Å²) in [7, 11) is 0. The number of fused-ring (bicyclic) bond motifs is 7. The van der Waals surface area contributed by atoms with Gasteiger partial charge in [-0.15, -0.1) is 11.3 Å². The summed E-state index contributed by atoms with van der Waals surface area (Å²) < 4.78 is 2.65. The van der Waals surface area contributed by atoms with Gasteiger partial charge in [0.15, 0.2) is 0 Å². The Balaban J connectivity index is 1.44. The lowest BCUT2D eigenvalue weighted by molar-refractivity contribution is 0.332. The Morgan fingerprint density at radius 1 is 0.711 bits per heavy atom. The normalized spacial score (nSPS) is 16.9. The maximum absolute atomic E-state index is 3.54. The zero-order chi connectivity index (χ0) is 30.7. The standard InChI is InChI=1S/C41H35BN2S/c1-26-14-9-11-18-32(26)44-34-20-13-19-33-37(34)42(31-24-29-30(25-35(31)44)41(4,5)23-22-40(29,2)3)39-38(28-17-10-12-21-36(28)45-39)43(33)27-15-7-6-8-16-27/h6-9,11-16,18-21,24-25H,22-23H2,1-5H3. The summed E-state index contributed by atoms with van der Waals surface area (Å²) in [5.41, 5.74) is 14.8. The van der Waals surface area contributed by atoms with Crippen molar-refractivity contribution in [3.8, 4) is 0 Å². The zero-order valence-electron chi connectivity index (χ0n) is 26.5. The molecule has 4 heteroatoms. The molecule has 3 heterocycles. The van der Waals surface area contributed by atoms with E-state index in [4.69, 9.17) is 0 Å². The summed E-state index contributed by atoms with van der Waals surface area (Å²) in [6.07, 6.45) is 2.39. The van der Waals surface area contributed by atoms with E-state index in [1.54, 1.807) is 0 Å². The first kappa shape index (κ1) is 26.9. The van der Waals surface area contributed by atoms with Crippen molar-refractivity contribution in [1.82, 2.24) is 0 Å². The first-order valence-electron chi connectivity index (χ1n) is 16.1. The maximum Gasteiger partial charge on any atom is 0.264 e. The smallest absolute Gasteiger partial charge is 0.264 e. The van der Waals surface area contributed by atoms with E-state index in [0.717, 1.165) is 5.39 Å². The van der Waals surface area contributed by atoms with Gasteiger partial charge in [-0.3, -0.25) is 0 Å². The van der Waals surface area contributed by atoms with Crippen LogP contribution in [0, 0.1) is 19.1 Å². The second-order valence-electron chi connectivity index (χ2n) is 14.3. The van der Waals surface area contributed by atoms with Crippen molar-refractivity contribution < 1.29 is 0 Å². The molecule has 2 nitrogen and oxygen atoms in total. The third-order valence-electron chi connectivity index (χ3n) is 10.7. The number of rotatable bonds is 2. The number of anilines is 6. The molecule has 0 unspecified atom stereocenters. The highest BCUT2D eigenvalue weighted by molar-refractivity contribution is 7.33. The van der Waals surface area contributed by atoms with Crippen molar-refractivity contribution in [1.29, 1.82) is 0 Å². The molecular formula is C41H35BN2S. The minimum absolute atomic E-state index is 0.115. The van der Waals surface area contributed by atoms with Gasteiger partial charge in [-0.25, -0.2) is 0 Å². The average molecular weight is 599 g/mol. The molecule has 6 aromatic rings. The van der Waals surface area contributed by atoms with Crippen LogP contribution in [0.25, 0.3) is 10.1 Å². The maximum atomic E-state index is 3.54. The molecule has 0 radical (unpaired) electrons. The molecule has 0 bridgehead atoms. The van der Waals surface area contributed by atoms with Crippen molar-refractivity contribution in [2.45, 2.75) is 58.3 Å². The van der Waals surface area contributed by atoms with E-state index in [9.17, 15) is 0 Å². The van der Waals surface area contributed by atoms with Gasteiger partial charge in [0, 0.05) is 37.9 Å². The van der Waals surface area contributed by atoms with Crippen LogP contribution in [0.2, 0.25) is 0 Å². The first-order valence-corrected chi connectivity index (χ1v) is 16.9. The highest BCUT2D eigenvalue weighted by Gasteiger charge is 2.47. The molecule has 2 aliphatic heterocycles. The molecule has 0 atom stereocenters. The van der Waals surface area contributed by atoms with Gasteiger partial charge >= 0.3 is 0 Å². The summed E-state index contributed by atoms with van der Waals surface area (Å²) in [4.78, 5) is 5.06. The molecule has 5 aromatic carbocycles. The highest BCUT2D eigenvalue weighted by Crippen LogP contribution is 2.51. The molecule has 1 aliphatic carbocycles. The fourth-order valence-electron chi connectivity index (χ4n) is 8.21. The minimum atomic E-state index is 0.115. The van der Waals surface area contributed by atoms with Gasteiger partial charge < -0.3 is 9.80 Å². The number of hydrogen-bond acceptors (Lipinski definition) is 3. The topological polar surface area (TPSA) is 6.48 Å². The van der Waals surface area contributed by atoms with E-state index in [-0.39, 0.29) is 17.5 Å². The van der Waals surface area contributed by atoms with Crippen LogP contribution >= 0.6 is 11.3 Å². The summed E-state index contributed by atoms with van der Waals surface area (Å²) in [5, 5.41) is 1.15. The minimum Gasteiger partial charge on any atom is -0.311 e. The highest BCUT2D eigenvalue weighted by atomic mass is 32.1. The van der Waals surface area contributed by atoms with E-state index >= 15 is 0 Å². The predicted molar refractivity (Wildman–Crippen MR) is 194 cm³/mol. The van der Waals surface area contributed by atoms with Crippen LogP contribution in [0.15, 0.2) is 97.1 Å². The van der Waals surface area contributed by atoms with Crippen LogP contribution in [0.3, 0.4) is 0 Å². The van der Waals surface area contributed by atoms with Crippen molar-refractivity contribution in [2.24, 2.45) is 0 Å². The fraction of sp³-hybridized carbons (Fsp3) is 0.220. The Kier molecular flexibility index (Phi) is 5.55. The van der Waals surface area contributed by atoms with Gasteiger partial charge in [-0.1, -0.05) is 88.4 Å². The number of para-hydroxylation sites is 2. The monoisotopic (exact) mass is 598 g/mol. The molecule has 218 valence electrons. The Labute approximate surface area is 271 Å². The van der Waals surface area contributed by atoms with E-state index < -0.39 is 0 Å². The SMILES string of the molecule is Cc1ccccc1N1c2cc3c(cc2B2c4sc5ccc#cc5c4N(c4ccccc4)c4cccc1c42)C(C)(C)CCC3(C)C. The Bertz CT molecular complexity index is 2160. The molecule has 9 rings (SSSR count). The molecule has 3 aliphatic rings. The van der Waals surface area contributed by atoms with Gasteiger partial charge in [-0.05, 0) is 107 Å². The van der Waals surface area contributed by atoms with E-state index in [1.807, 2.05) is 17.4 Å². The Morgan fingerprint density at radius 3 is 2.13 bits per heavy atom. The second-order valence-corrected chi connectivity index (χ2v) is 15.4. The number of thiophene rings is 1. The van der Waals surface area contributed by atoms with Crippen LogP contribution < -0.4 is 25.5 Å². The largest absolute Gasteiger partial charge is 0.311 e. The molecule has 0 spiro atoms. The lowest BCUT2D eigenvalue weighted by Crippen LogP contribution is -2.61. The number of nitrogens with zero attached hydrogens (tertiary/aromatic N) is 2. The summed E-state index contributed by atoms with van der Waals surface area (Å²) in [6.45, 7) is 12.1. The van der Waals surface area contributed by atoms with Crippen molar-refractivity contribution in [3.63, 3.8) is 0 Å². The van der Waals surface area contributed by atoms with Crippen LogP contribution in [-0.4, -0.2) is 6.71 Å². The molecule has 0 fully saturated rings. The lowest BCUT2D eigenvalue weighted by atomic mass is 9.35. The molecular weight excluding hydrogens is 563 g/mol. The summed E-state index contributed by atoms with van der Waals surface area (Å²) >= 11 is 1.93. The van der Waals surface area contributed by atoms with Gasteiger partial charge in [0.05, 0.1) is 11.1 Å². The van der Waals surface area contributed by atoms with Gasteiger partial charge in [0.2, 0.25) is 0 Å². The van der Waals surface area contributed by atoms with Crippen molar-refractivity contribution >= 4 is 78.0 Å². The fourth-order valence-corrected chi connectivity index (χ4v) is 9.49. The first-order chi connectivity index (χ1) is 21.7. The summed E-state index contributed by atoms with van der Waals surface area (Å²) in [5.74, 6) is 0. The molecule has 45 heavy (non-hydrogen) atoms. The molecule has 0 amide bonds.